The van der Waals surface area contributed by atoms with E-state index < -0.39 is 0 Å². The van der Waals surface area contributed by atoms with Gasteiger partial charge in [0, 0.05) is 11.1 Å². The van der Waals surface area contributed by atoms with Crippen LogP contribution >= 0.6 is 23.2 Å². The highest BCUT2D eigenvalue weighted by atomic mass is 35.5. The number of ether oxygens (including phenoxy) is 1. The van der Waals surface area contributed by atoms with Crippen molar-refractivity contribution in [3.05, 3.63) is 33.6 Å². The summed E-state index contributed by atoms with van der Waals surface area (Å²) in [6.07, 6.45) is 1.50. The molecule has 0 saturated carbocycles. The fourth-order valence-electron chi connectivity index (χ4n) is 1.87. The van der Waals surface area contributed by atoms with Gasteiger partial charge in [0.25, 0.3) is 0 Å². The average Bonchev–Trinajstić information content (AvgIpc) is 2.83. The minimum atomic E-state index is 0.0246. The van der Waals surface area contributed by atoms with Gasteiger partial charge < -0.3 is 10.5 Å². The van der Waals surface area contributed by atoms with Crippen molar-refractivity contribution >= 4 is 23.2 Å². The number of aromatic nitrogens is 4. The number of nitrogens with two attached hydrogens (primary N) is 1. The summed E-state index contributed by atoms with van der Waals surface area (Å²) in [5, 5.41) is 12.7. The van der Waals surface area contributed by atoms with Crippen LogP contribution in [0, 0.1) is 0 Å². The Morgan fingerprint density at radius 1 is 1.38 bits per heavy atom. The highest BCUT2D eigenvalue weighted by Gasteiger charge is 2.14. The van der Waals surface area contributed by atoms with E-state index in [-0.39, 0.29) is 12.6 Å². The first-order chi connectivity index (χ1) is 9.99. The smallest absolute Gasteiger partial charge is 0.212 e. The van der Waals surface area contributed by atoms with Crippen molar-refractivity contribution in [3.8, 4) is 5.75 Å². The van der Waals surface area contributed by atoms with Crippen LogP contribution in [0.25, 0.3) is 0 Å². The van der Waals surface area contributed by atoms with Crippen LogP contribution < -0.4 is 10.5 Å². The second-order valence-electron chi connectivity index (χ2n) is 4.73. The summed E-state index contributed by atoms with van der Waals surface area (Å²) in [6.45, 7) is 2.21. The summed E-state index contributed by atoms with van der Waals surface area (Å²) in [6, 6.07) is 3.49. The third-order valence-corrected chi connectivity index (χ3v) is 3.49. The van der Waals surface area contributed by atoms with Crippen molar-refractivity contribution in [1.29, 1.82) is 0 Å². The molecule has 0 aliphatic heterocycles. The lowest BCUT2D eigenvalue weighted by Gasteiger charge is -2.15. The van der Waals surface area contributed by atoms with E-state index in [1.165, 1.54) is 4.80 Å². The molecule has 1 atom stereocenters. The lowest BCUT2D eigenvalue weighted by molar-refractivity contribution is 0.291. The van der Waals surface area contributed by atoms with E-state index in [2.05, 4.69) is 15.4 Å². The number of nitrogens with zero attached hydrogens (tertiary/aromatic N) is 4. The molecule has 0 spiro atoms. The first-order valence-electron chi connectivity index (χ1n) is 6.58. The predicted octanol–water partition coefficient (Wildman–Crippen LogP) is 2.38. The molecule has 2 N–H and O–H groups in total. The maximum atomic E-state index is 6.22. The molecule has 0 amide bonds. The maximum absolute atomic E-state index is 6.22. The predicted molar refractivity (Wildman–Crippen MR) is 81.6 cm³/mol. The van der Waals surface area contributed by atoms with Crippen LogP contribution in [-0.4, -0.2) is 26.2 Å². The SMILES string of the molecule is CCC(N)Cc1cc(Cl)cc(Cl)c1OCc1nnn(C)n1. The summed E-state index contributed by atoms with van der Waals surface area (Å²) in [4.78, 5) is 1.37. The van der Waals surface area contributed by atoms with Crippen molar-refractivity contribution < 1.29 is 4.74 Å². The molecule has 0 radical (unpaired) electrons. The molecule has 114 valence electrons. The van der Waals surface area contributed by atoms with E-state index in [1.54, 1.807) is 13.1 Å². The molecule has 1 aromatic carbocycles. The van der Waals surface area contributed by atoms with E-state index in [4.69, 9.17) is 33.7 Å². The van der Waals surface area contributed by atoms with Crippen molar-refractivity contribution in [2.75, 3.05) is 0 Å². The normalized spacial score (nSPS) is 12.4. The molecule has 8 heteroatoms. The van der Waals surface area contributed by atoms with Gasteiger partial charge in [-0.05, 0) is 35.8 Å². The van der Waals surface area contributed by atoms with Crippen molar-refractivity contribution in [3.63, 3.8) is 0 Å². The van der Waals surface area contributed by atoms with Crippen LogP contribution in [0.5, 0.6) is 5.75 Å². The summed E-state index contributed by atoms with van der Waals surface area (Å²) in [7, 11) is 1.69. The third kappa shape index (κ3) is 4.30. The summed E-state index contributed by atoms with van der Waals surface area (Å²) in [5.74, 6) is 1.05. The van der Waals surface area contributed by atoms with Gasteiger partial charge in [-0.25, -0.2) is 0 Å². The zero-order valence-corrected chi connectivity index (χ0v) is 13.4. The summed E-state index contributed by atoms with van der Waals surface area (Å²) < 4.78 is 5.74. The van der Waals surface area contributed by atoms with E-state index in [1.807, 2.05) is 13.0 Å². The van der Waals surface area contributed by atoms with Gasteiger partial charge >= 0.3 is 0 Å². The molecular formula is C13H17Cl2N5O. The Bertz CT molecular complexity index is 617. The van der Waals surface area contributed by atoms with Crippen LogP contribution in [-0.2, 0) is 20.1 Å². The molecular weight excluding hydrogens is 313 g/mol. The number of benzene rings is 1. The van der Waals surface area contributed by atoms with Gasteiger partial charge in [0.1, 0.15) is 5.75 Å². The summed E-state index contributed by atoms with van der Waals surface area (Å²) in [5.41, 5.74) is 6.89. The molecule has 0 fully saturated rings. The van der Waals surface area contributed by atoms with E-state index in [0.717, 1.165) is 12.0 Å². The van der Waals surface area contributed by atoms with Crippen LogP contribution in [0.4, 0.5) is 0 Å². The largest absolute Gasteiger partial charge is 0.484 e. The van der Waals surface area contributed by atoms with Gasteiger partial charge in [0.05, 0.1) is 12.1 Å². The van der Waals surface area contributed by atoms with E-state index >= 15 is 0 Å². The van der Waals surface area contributed by atoms with Crippen LogP contribution in [0.3, 0.4) is 0 Å². The molecule has 1 unspecified atom stereocenters. The Hall–Kier alpha value is -1.37. The molecule has 2 rings (SSSR count). The number of halogens is 2. The first kappa shape index (κ1) is 16.0. The van der Waals surface area contributed by atoms with Gasteiger partial charge in [-0.2, -0.15) is 4.80 Å². The Morgan fingerprint density at radius 2 is 2.14 bits per heavy atom. The third-order valence-electron chi connectivity index (χ3n) is 2.99. The minimum absolute atomic E-state index is 0.0246. The lowest BCUT2D eigenvalue weighted by Crippen LogP contribution is -2.21. The number of rotatable bonds is 6. The second kappa shape index (κ2) is 7.06. The molecule has 2 aromatic rings. The number of aryl methyl sites for hydroxylation is 1. The van der Waals surface area contributed by atoms with E-state index in [0.29, 0.717) is 28.0 Å². The number of hydrogen-bond acceptors (Lipinski definition) is 5. The molecule has 6 nitrogen and oxygen atoms in total. The molecule has 0 bridgehead atoms. The molecule has 21 heavy (non-hydrogen) atoms. The molecule has 1 heterocycles. The highest BCUT2D eigenvalue weighted by molar-refractivity contribution is 6.35. The standard InChI is InChI=1S/C13H17Cl2N5O/c1-3-10(16)5-8-4-9(14)6-11(15)13(8)21-7-12-17-19-20(2)18-12/h4,6,10H,3,5,7,16H2,1-2H3. The highest BCUT2D eigenvalue weighted by Crippen LogP contribution is 2.33. The van der Waals surface area contributed by atoms with Gasteiger partial charge in [-0.15, -0.1) is 10.2 Å². The average molecular weight is 330 g/mol. The number of hydrogen-bond donors (Lipinski definition) is 1. The monoisotopic (exact) mass is 329 g/mol. The topological polar surface area (TPSA) is 78.9 Å². The Labute approximate surface area is 133 Å². The van der Waals surface area contributed by atoms with Gasteiger partial charge in [0.2, 0.25) is 5.82 Å². The Balaban J connectivity index is 2.19. The van der Waals surface area contributed by atoms with Gasteiger partial charge in [-0.3, -0.25) is 0 Å². The molecule has 1 aromatic heterocycles. The van der Waals surface area contributed by atoms with Crippen molar-refractivity contribution in [2.45, 2.75) is 32.4 Å². The number of tetrazole rings is 1. The van der Waals surface area contributed by atoms with E-state index in [9.17, 15) is 0 Å². The quantitative estimate of drug-likeness (QED) is 0.880. The molecule has 0 aliphatic rings. The molecule has 0 aliphatic carbocycles. The zero-order valence-electron chi connectivity index (χ0n) is 11.9. The first-order valence-corrected chi connectivity index (χ1v) is 7.34. The minimum Gasteiger partial charge on any atom is -0.484 e. The Morgan fingerprint density at radius 3 is 2.76 bits per heavy atom. The van der Waals surface area contributed by atoms with Crippen LogP contribution in [0.15, 0.2) is 12.1 Å². The van der Waals surface area contributed by atoms with Crippen molar-refractivity contribution in [1.82, 2.24) is 20.2 Å². The lowest BCUT2D eigenvalue weighted by atomic mass is 10.0. The van der Waals surface area contributed by atoms with Crippen molar-refractivity contribution in [2.24, 2.45) is 12.8 Å². The maximum Gasteiger partial charge on any atom is 0.212 e. The fraction of sp³-hybridized carbons (Fsp3) is 0.462. The molecule has 0 saturated heterocycles. The van der Waals surface area contributed by atoms with Crippen LogP contribution in [0.1, 0.15) is 24.7 Å². The summed E-state index contributed by atoms with van der Waals surface area (Å²) >= 11 is 12.3. The zero-order chi connectivity index (χ0) is 15.4. The fourth-order valence-corrected chi connectivity index (χ4v) is 2.46. The van der Waals surface area contributed by atoms with Gasteiger partial charge in [-0.1, -0.05) is 30.1 Å². The van der Waals surface area contributed by atoms with Gasteiger partial charge in [0.15, 0.2) is 6.61 Å². The Kier molecular flexibility index (Phi) is 5.39. The van der Waals surface area contributed by atoms with Crippen LogP contribution in [0.2, 0.25) is 10.0 Å². The second-order valence-corrected chi connectivity index (χ2v) is 5.58.